The molecule has 0 saturated heterocycles. The molecule has 7 heteroatoms. The number of hydrogen-bond acceptors (Lipinski definition) is 4. The van der Waals surface area contributed by atoms with E-state index >= 15 is 0 Å². The van der Waals surface area contributed by atoms with Gasteiger partial charge in [0.2, 0.25) is 0 Å². The maximum absolute atomic E-state index is 8.58. The Hall–Kier alpha value is 1.16. The van der Waals surface area contributed by atoms with E-state index in [1.54, 1.807) is 23.9 Å². The summed E-state index contributed by atoms with van der Waals surface area (Å²) in [6.07, 6.45) is 0. The average Bonchev–Trinajstić information content (AvgIpc) is 1.36. The molecule has 0 bridgehead atoms. The molecule has 0 saturated carbocycles. The van der Waals surface area contributed by atoms with Gasteiger partial charge < -0.3 is 28.2 Å². The zero-order valence-electron chi connectivity index (χ0n) is 3.58. The second kappa shape index (κ2) is 5.30. The molecule has 0 aliphatic carbocycles. The Kier molecular flexibility index (Phi) is 8.34. The molecule has 0 aliphatic heterocycles. The Bertz CT molecular complexity index is 25.2. The third kappa shape index (κ3) is 142. The van der Waals surface area contributed by atoms with Crippen LogP contribution in [-0.4, -0.2) is 40.3 Å². The van der Waals surface area contributed by atoms with Crippen molar-refractivity contribution in [3.05, 3.63) is 0 Å². The summed E-state index contributed by atoms with van der Waals surface area (Å²) in [6.45, 7) is 0. The SMILES string of the molecule is [O-][Si]([O-])([O-])[O-].[SiH3][Bi+4]. The predicted molar refractivity (Wildman–Crippen MR) is 21.4 cm³/mol. The first-order valence-electron chi connectivity index (χ1n) is 1.26. The van der Waals surface area contributed by atoms with Gasteiger partial charge in [-0.3, -0.25) is 0 Å². The summed E-state index contributed by atoms with van der Waals surface area (Å²) in [5.74, 6) is 0. The second-order valence-corrected chi connectivity index (χ2v) is 1.50. The van der Waals surface area contributed by atoms with Gasteiger partial charge in [-0.15, -0.1) is 0 Å². The first-order chi connectivity index (χ1) is 3.00. The molecule has 0 aromatic rings. The van der Waals surface area contributed by atoms with Gasteiger partial charge in [0.25, 0.3) is 0 Å². The van der Waals surface area contributed by atoms with Gasteiger partial charge in [0.05, 0.1) is 0 Å². The van der Waals surface area contributed by atoms with Crippen LogP contribution in [0.2, 0.25) is 0 Å². The number of rotatable bonds is 0. The maximum atomic E-state index is 8.58. The molecule has 0 aliphatic rings. The number of hydrogen-bond donors (Lipinski definition) is 0. The van der Waals surface area contributed by atoms with Crippen molar-refractivity contribution in [2.24, 2.45) is 0 Å². The minimum atomic E-state index is -5.61. The zero-order valence-corrected chi connectivity index (χ0v) is 10.1. The standard InChI is InChI=1S/Bi.O4Si.H3Si/c;1-5(2,3)4;/h;;1H3/q+4;-4;. The van der Waals surface area contributed by atoms with Crippen molar-refractivity contribution in [2.45, 2.75) is 0 Å². The van der Waals surface area contributed by atoms with Crippen LogP contribution in [0.1, 0.15) is 0 Å². The minimum absolute atomic E-state index is 1.42. The summed E-state index contributed by atoms with van der Waals surface area (Å²) in [5, 5.41) is 0. The van der Waals surface area contributed by atoms with E-state index in [4.69, 9.17) is 19.2 Å². The van der Waals surface area contributed by atoms with Crippen molar-refractivity contribution in [1.29, 1.82) is 0 Å². The van der Waals surface area contributed by atoms with Crippen LogP contribution in [-0.2, 0) is 0 Å². The molecule has 0 spiro atoms. The topological polar surface area (TPSA) is 92.2 Å². The van der Waals surface area contributed by atoms with Gasteiger partial charge in [-0.05, 0) is 0 Å². The van der Waals surface area contributed by atoms with Gasteiger partial charge in [-0.25, -0.2) is 0 Å². The fourth-order valence-electron chi connectivity index (χ4n) is 0. The molecular weight excluding hydrogens is 329 g/mol. The molecule has 0 fully saturated rings. The quantitative estimate of drug-likeness (QED) is 0.412. The van der Waals surface area contributed by atoms with Crippen LogP contribution in [0.25, 0.3) is 0 Å². The summed E-state index contributed by atoms with van der Waals surface area (Å²) in [7, 11) is -4.19. The molecule has 0 rings (SSSR count). The molecule has 0 unspecified atom stereocenters. The van der Waals surface area contributed by atoms with Gasteiger partial charge >= 0.3 is 31.2 Å². The van der Waals surface area contributed by atoms with E-state index in [-0.39, 0.29) is 0 Å². The van der Waals surface area contributed by atoms with Gasteiger partial charge in [0.15, 0.2) is 0 Å². The zero-order chi connectivity index (χ0) is 6.50. The van der Waals surface area contributed by atoms with Crippen molar-refractivity contribution in [1.82, 2.24) is 0 Å². The Labute approximate surface area is 59.5 Å². The van der Waals surface area contributed by atoms with E-state index in [1.165, 1.54) is 7.37 Å². The Morgan fingerprint density at radius 2 is 1.00 bits per heavy atom. The Balaban J connectivity index is 0. The molecule has 40 valence electrons. The van der Waals surface area contributed by atoms with Crippen LogP contribution < -0.4 is 19.2 Å². The van der Waals surface area contributed by atoms with E-state index in [9.17, 15) is 0 Å². The molecule has 0 radical (unpaired) electrons. The van der Waals surface area contributed by atoms with Crippen LogP contribution in [0.3, 0.4) is 0 Å². The first-order valence-corrected chi connectivity index (χ1v) is 14.2. The van der Waals surface area contributed by atoms with Crippen LogP contribution in [0.4, 0.5) is 0 Å². The second-order valence-electron chi connectivity index (χ2n) is 0.500. The summed E-state index contributed by atoms with van der Waals surface area (Å²) < 4.78 is 0. The molecule has 0 aromatic carbocycles. The van der Waals surface area contributed by atoms with Crippen molar-refractivity contribution in [2.75, 3.05) is 0 Å². The normalized spacial score (nSPS) is 10.0. The van der Waals surface area contributed by atoms with E-state index in [1.807, 2.05) is 0 Å². The summed E-state index contributed by atoms with van der Waals surface area (Å²) in [5.41, 5.74) is 0. The molecule has 4 nitrogen and oxygen atoms in total. The van der Waals surface area contributed by atoms with Crippen LogP contribution in [0.15, 0.2) is 0 Å². The van der Waals surface area contributed by atoms with Gasteiger partial charge in [0, 0.05) is 0 Å². The van der Waals surface area contributed by atoms with Crippen molar-refractivity contribution in [3.63, 3.8) is 0 Å². The third-order valence-electron chi connectivity index (χ3n) is 0. The fourth-order valence-corrected chi connectivity index (χ4v) is 0. The first kappa shape index (κ1) is 11.0. The molecule has 0 atom stereocenters. The van der Waals surface area contributed by atoms with Crippen molar-refractivity contribution >= 4 is 40.3 Å². The monoisotopic (exact) mass is 332 g/mol. The summed E-state index contributed by atoms with van der Waals surface area (Å²) in [4.78, 5) is 34.3. The Morgan fingerprint density at radius 3 is 1.00 bits per heavy atom. The average molecular weight is 332 g/mol. The van der Waals surface area contributed by atoms with Crippen molar-refractivity contribution in [3.8, 4) is 0 Å². The van der Waals surface area contributed by atoms with Gasteiger partial charge in [-0.2, -0.15) is 0 Å². The molecule has 0 aromatic heterocycles. The summed E-state index contributed by atoms with van der Waals surface area (Å²) in [6, 6.07) is 0. The summed E-state index contributed by atoms with van der Waals surface area (Å²) >= 11 is 1.58. The van der Waals surface area contributed by atoms with Crippen molar-refractivity contribution < 1.29 is 19.2 Å². The molecule has 0 heterocycles. The molecule has 7 heavy (non-hydrogen) atoms. The van der Waals surface area contributed by atoms with E-state index in [0.29, 0.717) is 0 Å². The van der Waals surface area contributed by atoms with E-state index in [0.717, 1.165) is 0 Å². The van der Waals surface area contributed by atoms with E-state index < -0.39 is 9.05 Å². The third-order valence-corrected chi connectivity index (χ3v) is 0. The van der Waals surface area contributed by atoms with Gasteiger partial charge in [-0.1, -0.05) is 0 Å². The fraction of sp³-hybridized carbons (Fsp3) is 0. The Morgan fingerprint density at radius 1 is 1.00 bits per heavy atom. The molecule has 0 N–H and O–H groups in total. The van der Waals surface area contributed by atoms with E-state index in [2.05, 4.69) is 0 Å². The van der Waals surface area contributed by atoms with Crippen LogP contribution in [0, 0.1) is 0 Å². The molecular formula is H3BiO4Si2. The van der Waals surface area contributed by atoms with Crippen LogP contribution in [0.5, 0.6) is 0 Å². The van der Waals surface area contributed by atoms with Crippen LogP contribution >= 0.6 is 0 Å². The van der Waals surface area contributed by atoms with Gasteiger partial charge in [0.1, 0.15) is 0 Å². The molecule has 0 amide bonds. The predicted octanol–water partition coefficient (Wildman–Crippen LogP) is -6.70.